The van der Waals surface area contributed by atoms with E-state index < -0.39 is 10.0 Å². The predicted octanol–water partition coefficient (Wildman–Crippen LogP) is 3.13. The number of halogens is 1. The van der Waals surface area contributed by atoms with E-state index >= 15 is 0 Å². The maximum Gasteiger partial charge on any atom is 0.250 e. The van der Waals surface area contributed by atoms with Crippen molar-refractivity contribution < 1.29 is 12.8 Å². The first-order valence-electron chi connectivity index (χ1n) is 7.91. The lowest BCUT2D eigenvalue weighted by Crippen LogP contribution is -2.24. The molecule has 0 bridgehead atoms. The van der Waals surface area contributed by atoms with Crippen LogP contribution in [0.2, 0.25) is 5.02 Å². The lowest BCUT2D eigenvalue weighted by molar-refractivity contribution is 0.530. The Morgan fingerprint density at radius 2 is 1.77 bits per heavy atom. The van der Waals surface area contributed by atoms with Crippen molar-refractivity contribution in [3.8, 4) is 11.5 Å². The molecule has 0 amide bonds. The molecule has 3 rings (SSSR count). The Bertz CT molecular complexity index is 1050. The molecule has 2 aromatic heterocycles. The van der Waals surface area contributed by atoms with Crippen molar-refractivity contribution in [2.24, 2.45) is 7.05 Å². The summed E-state index contributed by atoms with van der Waals surface area (Å²) in [7, 11) is -2.00. The molecule has 0 aliphatic carbocycles. The van der Waals surface area contributed by atoms with E-state index in [1.807, 2.05) is 6.92 Å². The number of benzene rings is 1. The number of aromatic nitrogens is 3. The standard InChI is InChI=1S/C17H19ClN4O3S/c1-10-15(17-21-20-12(3)25-17)16(11(2)22(10)4)26(23,24)19-9-13-5-7-14(18)8-6-13/h5-8,19H,9H2,1-4H3. The third kappa shape index (κ3) is 3.40. The van der Waals surface area contributed by atoms with E-state index in [0.717, 1.165) is 11.3 Å². The van der Waals surface area contributed by atoms with Crippen molar-refractivity contribution in [1.82, 2.24) is 19.5 Å². The van der Waals surface area contributed by atoms with Crippen molar-refractivity contribution in [2.75, 3.05) is 0 Å². The fourth-order valence-electron chi connectivity index (χ4n) is 2.75. The average Bonchev–Trinajstić information content (AvgIpc) is 3.11. The zero-order valence-electron chi connectivity index (χ0n) is 14.9. The lowest BCUT2D eigenvalue weighted by Gasteiger charge is -2.08. The summed E-state index contributed by atoms with van der Waals surface area (Å²) in [6, 6.07) is 6.98. The first-order valence-corrected chi connectivity index (χ1v) is 9.77. The number of hydrogen-bond donors (Lipinski definition) is 1. The van der Waals surface area contributed by atoms with Gasteiger partial charge in [-0.25, -0.2) is 13.1 Å². The average molecular weight is 395 g/mol. The molecular weight excluding hydrogens is 376 g/mol. The largest absolute Gasteiger partial charge is 0.421 e. The fourth-order valence-corrected chi connectivity index (χ4v) is 4.40. The molecule has 1 N–H and O–H groups in total. The van der Waals surface area contributed by atoms with E-state index in [1.54, 1.807) is 49.7 Å². The van der Waals surface area contributed by atoms with Gasteiger partial charge in [-0.2, -0.15) is 0 Å². The van der Waals surface area contributed by atoms with Gasteiger partial charge in [-0.1, -0.05) is 23.7 Å². The minimum absolute atomic E-state index is 0.148. The summed E-state index contributed by atoms with van der Waals surface area (Å²) in [4.78, 5) is 0.148. The molecule has 0 fully saturated rings. The number of hydrogen-bond acceptors (Lipinski definition) is 5. The second kappa shape index (κ2) is 6.86. The Morgan fingerprint density at radius 1 is 1.12 bits per heavy atom. The molecule has 138 valence electrons. The van der Waals surface area contributed by atoms with E-state index in [0.29, 0.717) is 22.2 Å². The molecule has 0 spiro atoms. The number of nitrogens with zero attached hydrogens (tertiary/aromatic N) is 3. The first kappa shape index (κ1) is 18.6. The summed E-state index contributed by atoms with van der Waals surface area (Å²) in [5.74, 6) is 0.564. The molecule has 0 saturated heterocycles. The number of aryl methyl sites for hydroxylation is 1. The Morgan fingerprint density at radius 3 is 2.35 bits per heavy atom. The first-order chi connectivity index (χ1) is 12.2. The van der Waals surface area contributed by atoms with Gasteiger partial charge in [0, 0.05) is 36.9 Å². The molecule has 0 saturated carbocycles. The second-order valence-electron chi connectivity index (χ2n) is 6.01. The molecule has 0 unspecified atom stereocenters. The van der Waals surface area contributed by atoms with Gasteiger partial charge in [0.1, 0.15) is 4.90 Å². The maximum absolute atomic E-state index is 13.0. The van der Waals surface area contributed by atoms with Crippen LogP contribution < -0.4 is 4.72 Å². The van der Waals surface area contributed by atoms with Gasteiger partial charge < -0.3 is 8.98 Å². The molecule has 9 heteroatoms. The topological polar surface area (TPSA) is 90.0 Å². The van der Waals surface area contributed by atoms with Crippen molar-refractivity contribution in [3.63, 3.8) is 0 Å². The van der Waals surface area contributed by atoms with E-state index in [9.17, 15) is 8.42 Å². The van der Waals surface area contributed by atoms with Crippen LogP contribution in [0, 0.1) is 20.8 Å². The normalized spacial score (nSPS) is 11.9. The highest BCUT2D eigenvalue weighted by Crippen LogP contribution is 2.34. The zero-order chi connectivity index (χ0) is 19.1. The van der Waals surface area contributed by atoms with Gasteiger partial charge in [0.15, 0.2) is 0 Å². The number of sulfonamides is 1. The number of rotatable bonds is 5. The summed E-state index contributed by atoms with van der Waals surface area (Å²) in [5.41, 5.74) is 2.56. The van der Waals surface area contributed by atoms with Crippen LogP contribution in [-0.4, -0.2) is 23.2 Å². The van der Waals surface area contributed by atoms with E-state index in [2.05, 4.69) is 14.9 Å². The SMILES string of the molecule is Cc1nnc(-c2c(S(=O)(=O)NCc3ccc(Cl)cc3)c(C)n(C)c2C)o1. The van der Waals surface area contributed by atoms with E-state index in [4.69, 9.17) is 16.0 Å². The molecule has 2 heterocycles. The molecule has 0 atom stereocenters. The molecule has 1 aromatic carbocycles. The number of nitrogens with one attached hydrogen (secondary N) is 1. The van der Waals surface area contributed by atoms with Crippen LogP contribution in [0.1, 0.15) is 22.8 Å². The predicted molar refractivity (Wildman–Crippen MR) is 98.4 cm³/mol. The van der Waals surface area contributed by atoms with Gasteiger partial charge in [-0.15, -0.1) is 10.2 Å². The van der Waals surface area contributed by atoms with Crippen LogP contribution >= 0.6 is 11.6 Å². The van der Waals surface area contributed by atoms with Crippen molar-refractivity contribution in [2.45, 2.75) is 32.2 Å². The molecule has 0 aliphatic heterocycles. The molecule has 0 radical (unpaired) electrons. The maximum atomic E-state index is 13.0. The minimum atomic E-state index is -3.80. The summed E-state index contributed by atoms with van der Waals surface area (Å²) in [5, 5.41) is 8.41. The summed E-state index contributed by atoms with van der Waals surface area (Å²) >= 11 is 5.86. The fraction of sp³-hybridized carbons (Fsp3) is 0.294. The summed E-state index contributed by atoms with van der Waals surface area (Å²) < 4.78 is 36.0. The van der Waals surface area contributed by atoms with Crippen LogP contribution in [0.15, 0.2) is 33.6 Å². The molecule has 0 aliphatic rings. The van der Waals surface area contributed by atoms with Gasteiger partial charge in [0.25, 0.3) is 5.89 Å². The van der Waals surface area contributed by atoms with Crippen LogP contribution in [-0.2, 0) is 23.6 Å². The van der Waals surface area contributed by atoms with Crippen LogP contribution in [0.4, 0.5) is 0 Å². The van der Waals surface area contributed by atoms with Gasteiger partial charge in [-0.05, 0) is 31.5 Å². The highest BCUT2D eigenvalue weighted by atomic mass is 35.5. The van der Waals surface area contributed by atoms with Gasteiger partial charge in [-0.3, -0.25) is 0 Å². The highest BCUT2D eigenvalue weighted by molar-refractivity contribution is 7.89. The molecule has 3 aromatic rings. The van der Waals surface area contributed by atoms with Crippen LogP contribution in [0.25, 0.3) is 11.5 Å². The molecule has 7 nitrogen and oxygen atoms in total. The zero-order valence-corrected chi connectivity index (χ0v) is 16.4. The summed E-state index contributed by atoms with van der Waals surface area (Å²) in [6.07, 6.45) is 0. The smallest absolute Gasteiger partial charge is 0.250 e. The summed E-state index contributed by atoms with van der Waals surface area (Å²) in [6.45, 7) is 5.38. The third-order valence-corrected chi connectivity index (χ3v) is 6.13. The molecule has 26 heavy (non-hydrogen) atoms. The van der Waals surface area contributed by atoms with Crippen molar-refractivity contribution in [3.05, 3.63) is 52.1 Å². The van der Waals surface area contributed by atoms with Gasteiger partial charge >= 0.3 is 0 Å². The highest BCUT2D eigenvalue weighted by Gasteiger charge is 2.30. The second-order valence-corrected chi connectivity index (χ2v) is 8.15. The van der Waals surface area contributed by atoms with Crippen molar-refractivity contribution >= 4 is 21.6 Å². The quantitative estimate of drug-likeness (QED) is 0.717. The van der Waals surface area contributed by atoms with Crippen LogP contribution in [0.3, 0.4) is 0 Å². The Balaban J connectivity index is 2.01. The Hall–Kier alpha value is -2.16. The van der Waals surface area contributed by atoms with E-state index in [1.165, 1.54) is 0 Å². The molecular formula is C17H19ClN4O3S. The minimum Gasteiger partial charge on any atom is -0.421 e. The Kier molecular flexibility index (Phi) is 4.92. The van der Waals surface area contributed by atoms with E-state index in [-0.39, 0.29) is 17.3 Å². The Labute approximate surface area is 157 Å². The van der Waals surface area contributed by atoms with Crippen LogP contribution in [0.5, 0.6) is 0 Å². The van der Waals surface area contributed by atoms with Crippen molar-refractivity contribution in [1.29, 1.82) is 0 Å². The van der Waals surface area contributed by atoms with Gasteiger partial charge in [0.2, 0.25) is 15.9 Å². The van der Waals surface area contributed by atoms with Gasteiger partial charge in [0.05, 0.1) is 5.56 Å². The third-order valence-electron chi connectivity index (χ3n) is 4.31. The monoisotopic (exact) mass is 394 g/mol. The lowest BCUT2D eigenvalue weighted by atomic mass is 10.2.